The molecule has 0 aliphatic rings. The van der Waals surface area contributed by atoms with Crippen molar-refractivity contribution >= 4 is 19.9 Å². The predicted molar refractivity (Wildman–Crippen MR) is 77.5 cm³/mol. The number of hydrogen-bond donors (Lipinski definition) is 0. The summed E-state index contributed by atoms with van der Waals surface area (Å²) in [6, 6.07) is 9.82. The molecule has 0 spiro atoms. The van der Waals surface area contributed by atoms with E-state index in [-0.39, 0.29) is 7.92 Å². The maximum Gasteiger partial charge on any atom is 0.120 e. The normalized spacial score (nSPS) is 9.44. The molecule has 0 saturated carbocycles. The average molecular weight is 237 g/mol. The molecule has 0 atom stereocenters. The highest BCUT2D eigenvalue weighted by atomic mass is 31.1. The van der Waals surface area contributed by atoms with Gasteiger partial charge in [0.25, 0.3) is 0 Å². The van der Waals surface area contributed by atoms with Crippen LogP contribution < -0.4 is 5.30 Å². The van der Waals surface area contributed by atoms with E-state index in [9.17, 15) is 0 Å². The zero-order valence-corrected chi connectivity index (χ0v) is 12.3. The van der Waals surface area contributed by atoms with Crippen LogP contribution in [0.15, 0.2) is 24.3 Å². The Labute approximate surface area is 102 Å². The van der Waals surface area contributed by atoms with Crippen LogP contribution >= 0.6 is 7.92 Å². The molecule has 0 N–H and O–H groups in total. The highest BCUT2D eigenvalue weighted by Crippen LogP contribution is 2.28. The van der Waals surface area contributed by atoms with E-state index in [0.29, 0.717) is 0 Å². The fourth-order valence-corrected chi connectivity index (χ4v) is 2.48. The summed E-state index contributed by atoms with van der Waals surface area (Å²) in [6.07, 6.45) is 0. The first-order chi connectivity index (χ1) is 7.54. The third-order valence-corrected chi connectivity index (χ3v) is 3.70. The molecule has 0 saturated heterocycles. The standard InChI is InChI=1S/C12H18NP.C2H6/c1-10(13(2)3)11-8-6-7-9-12(11)14(4)5;1-2/h6-9H,2H2,1,3-5H3;1-2H3. The van der Waals surface area contributed by atoms with Crippen molar-refractivity contribution in [3.8, 4) is 0 Å². The van der Waals surface area contributed by atoms with E-state index in [1.807, 2.05) is 25.5 Å². The molecule has 0 aliphatic heterocycles. The molecular weight excluding hydrogens is 213 g/mol. The van der Waals surface area contributed by atoms with Gasteiger partial charge in [-0.05, 0) is 20.3 Å². The predicted octanol–water partition coefficient (Wildman–Crippen LogP) is 3.32. The first-order valence-corrected chi connectivity index (χ1v) is 7.92. The van der Waals surface area contributed by atoms with Gasteiger partial charge in [-0.15, -0.1) is 20.1 Å². The van der Waals surface area contributed by atoms with Crippen LogP contribution in [-0.4, -0.2) is 31.7 Å². The Morgan fingerprint density at radius 2 is 1.69 bits per heavy atom. The molecule has 16 heavy (non-hydrogen) atoms. The molecule has 0 aromatic heterocycles. The lowest BCUT2D eigenvalue weighted by Gasteiger charge is -2.21. The fraction of sp³-hybridized carbons (Fsp3) is 0.429. The summed E-state index contributed by atoms with van der Waals surface area (Å²) in [5.41, 5.74) is 1.33. The molecule has 0 amide bonds. The second kappa shape index (κ2) is 7.46. The Morgan fingerprint density at radius 1 is 1.19 bits per heavy atom. The highest BCUT2D eigenvalue weighted by molar-refractivity contribution is 7.64. The van der Waals surface area contributed by atoms with Crippen molar-refractivity contribution in [3.63, 3.8) is 0 Å². The van der Waals surface area contributed by atoms with Crippen LogP contribution in [0.4, 0.5) is 0 Å². The van der Waals surface area contributed by atoms with Crippen LogP contribution in [0.5, 0.6) is 0 Å². The van der Waals surface area contributed by atoms with Crippen molar-refractivity contribution in [2.75, 3.05) is 20.4 Å². The lowest BCUT2D eigenvalue weighted by atomic mass is 10.1. The van der Waals surface area contributed by atoms with Gasteiger partial charge in [-0.2, -0.15) is 0 Å². The molecule has 0 heterocycles. The molecule has 0 fully saturated rings. The van der Waals surface area contributed by atoms with Gasteiger partial charge in [0.2, 0.25) is 0 Å². The smallest absolute Gasteiger partial charge is 0.120 e. The molecule has 0 unspecified atom stereocenters. The second-order valence-corrected chi connectivity index (χ2v) is 5.97. The molecule has 1 aromatic carbocycles. The van der Waals surface area contributed by atoms with Gasteiger partial charge in [0, 0.05) is 0 Å². The van der Waals surface area contributed by atoms with Crippen molar-refractivity contribution in [1.82, 2.24) is 0 Å². The van der Waals surface area contributed by atoms with Crippen LogP contribution in [0.2, 0.25) is 0 Å². The molecule has 90 valence electrons. The number of rotatable bonds is 3. The van der Waals surface area contributed by atoms with Crippen molar-refractivity contribution in [2.24, 2.45) is 0 Å². The minimum absolute atomic E-state index is 0.0489. The summed E-state index contributed by atoms with van der Waals surface area (Å²) in [6.45, 7) is 14.6. The van der Waals surface area contributed by atoms with E-state index < -0.39 is 0 Å². The lowest BCUT2D eigenvalue weighted by Crippen LogP contribution is -2.18. The Bertz CT molecular complexity index is 331. The largest absolute Gasteiger partial charge is 0.291 e. The molecule has 1 aromatic rings. The van der Waals surface area contributed by atoms with Gasteiger partial charge in [0.15, 0.2) is 0 Å². The van der Waals surface area contributed by atoms with Gasteiger partial charge in [0.05, 0.1) is 12.8 Å². The topological polar surface area (TPSA) is 3.01 Å². The highest BCUT2D eigenvalue weighted by Gasteiger charge is 2.10. The Balaban J connectivity index is 0.00000106. The number of hydrogen-bond acceptors (Lipinski definition) is 0. The molecule has 0 radical (unpaired) electrons. The summed E-state index contributed by atoms with van der Waals surface area (Å²) < 4.78 is 1.93. The van der Waals surface area contributed by atoms with Gasteiger partial charge < -0.3 is 0 Å². The Hall–Kier alpha value is -0.810. The Kier molecular flexibility index (Phi) is 7.08. The van der Waals surface area contributed by atoms with E-state index in [1.54, 1.807) is 0 Å². The minimum atomic E-state index is -0.0489. The molecule has 0 bridgehead atoms. The van der Waals surface area contributed by atoms with E-state index in [2.05, 4.69) is 51.2 Å². The molecule has 2 heteroatoms. The molecular formula is C14H24NP. The number of nitrogens with zero attached hydrogens (tertiary/aromatic N) is 1. The maximum absolute atomic E-state index is 3.92. The summed E-state index contributed by atoms with van der Waals surface area (Å²) in [4.78, 5) is 0. The molecule has 0 aliphatic carbocycles. The van der Waals surface area contributed by atoms with E-state index in [4.69, 9.17) is 0 Å². The van der Waals surface area contributed by atoms with Crippen LogP contribution in [-0.2, 0) is 0 Å². The first kappa shape index (κ1) is 15.2. The van der Waals surface area contributed by atoms with E-state index in [0.717, 1.165) is 0 Å². The first-order valence-electron chi connectivity index (χ1n) is 5.68. The zero-order valence-electron chi connectivity index (χ0n) is 11.4. The lowest BCUT2D eigenvalue weighted by molar-refractivity contribution is -0.464. The molecule has 1 rings (SSSR count). The van der Waals surface area contributed by atoms with Gasteiger partial charge in [-0.1, -0.05) is 36.8 Å². The zero-order chi connectivity index (χ0) is 12.7. The van der Waals surface area contributed by atoms with Crippen LogP contribution in [0.3, 0.4) is 0 Å². The summed E-state index contributed by atoms with van der Waals surface area (Å²) >= 11 is 0. The Morgan fingerprint density at radius 3 is 2.12 bits per heavy atom. The maximum atomic E-state index is 3.92. The monoisotopic (exact) mass is 237 g/mol. The van der Waals surface area contributed by atoms with Crippen molar-refractivity contribution in [1.29, 1.82) is 0 Å². The fourth-order valence-electron chi connectivity index (χ4n) is 1.38. The van der Waals surface area contributed by atoms with Crippen molar-refractivity contribution in [2.45, 2.75) is 20.8 Å². The van der Waals surface area contributed by atoms with Gasteiger partial charge in [-0.25, -0.2) is 0 Å². The average Bonchev–Trinajstić information content (AvgIpc) is 2.30. The SMILES string of the molecule is C=[N+](C)[C-](C)c1ccccc1P(C)C.CC. The third-order valence-electron chi connectivity index (χ3n) is 2.35. The van der Waals surface area contributed by atoms with Gasteiger partial charge in [-0.3, -0.25) is 4.58 Å². The minimum Gasteiger partial charge on any atom is -0.291 e. The van der Waals surface area contributed by atoms with Gasteiger partial charge >= 0.3 is 0 Å². The second-order valence-electron chi connectivity index (χ2n) is 3.69. The third kappa shape index (κ3) is 3.98. The van der Waals surface area contributed by atoms with E-state index >= 15 is 0 Å². The van der Waals surface area contributed by atoms with Crippen LogP contribution in [0, 0.1) is 6.04 Å². The van der Waals surface area contributed by atoms with Gasteiger partial charge in [0.1, 0.15) is 7.05 Å². The summed E-state index contributed by atoms with van der Waals surface area (Å²) in [7, 11) is 1.94. The van der Waals surface area contributed by atoms with E-state index in [1.165, 1.54) is 16.9 Å². The van der Waals surface area contributed by atoms with Crippen molar-refractivity contribution in [3.05, 3.63) is 35.9 Å². The number of benzene rings is 1. The quantitative estimate of drug-likeness (QED) is 0.328. The summed E-state index contributed by atoms with van der Waals surface area (Å²) in [5.74, 6) is 0. The van der Waals surface area contributed by atoms with Crippen LogP contribution in [0.25, 0.3) is 0 Å². The van der Waals surface area contributed by atoms with Crippen molar-refractivity contribution < 1.29 is 4.58 Å². The van der Waals surface area contributed by atoms with Crippen LogP contribution in [0.1, 0.15) is 26.3 Å². The summed E-state index contributed by atoms with van der Waals surface area (Å²) in [5, 5.41) is 1.45. The molecule has 1 nitrogen and oxygen atoms in total.